The van der Waals surface area contributed by atoms with Gasteiger partial charge in [0.25, 0.3) is 6.43 Å². The zero-order valence-corrected chi connectivity index (χ0v) is 24.8. The predicted molar refractivity (Wildman–Crippen MR) is 151 cm³/mol. The van der Waals surface area contributed by atoms with E-state index in [1.54, 1.807) is 25.7 Å². The molecule has 0 radical (unpaired) electrons. The zero-order chi connectivity index (χ0) is 30.0. The number of nitrogens with zero attached hydrogens (tertiary/aromatic N) is 4. The lowest BCUT2D eigenvalue weighted by molar-refractivity contribution is -0.148. The maximum atomic E-state index is 13.9. The molecule has 3 aliphatic rings. The normalized spacial score (nSPS) is 23.2. The first-order valence-corrected chi connectivity index (χ1v) is 14.3. The highest BCUT2D eigenvalue weighted by Gasteiger charge is 2.51. The van der Waals surface area contributed by atoms with E-state index in [2.05, 4.69) is 9.97 Å². The van der Waals surface area contributed by atoms with Gasteiger partial charge in [0, 0.05) is 23.9 Å². The monoisotopic (exact) mass is 602 g/mol. The highest BCUT2D eigenvalue weighted by Crippen LogP contribution is 2.45. The number of rotatable bonds is 5. The van der Waals surface area contributed by atoms with E-state index in [-0.39, 0.29) is 30.9 Å². The largest absolute Gasteiger partial charge is 0.489 e. The van der Waals surface area contributed by atoms with E-state index in [0.717, 1.165) is 16.5 Å². The lowest BCUT2D eigenvalue weighted by Crippen LogP contribution is -2.40. The quantitative estimate of drug-likeness (QED) is 0.247. The van der Waals surface area contributed by atoms with Crippen LogP contribution in [0.25, 0.3) is 11.0 Å². The Kier molecular flexibility index (Phi) is 7.18. The maximum absolute atomic E-state index is 13.9. The molecule has 42 heavy (non-hydrogen) atoms. The molecule has 1 aliphatic carbocycles. The average Bonchev–Trinajstić information content (AvgIpc) is 3.57. The molecule has 3 atom stereocenters. The van der Waals surface area contributed by atoms with Crippen molar-refractivity contribution in [3.05, 3.63) is 64.2 Å². The van der Waals surface area contributed by atoms with E-state index >= 15 is 0 Å². The molecule has 0 N–H and O–H groups in total. The number of carbonyl (C=O) groups is 1. The molecule has 4 heterocycles. The number of amides is 1. The zero-order valence-electron chi connectivity index (χ0n) is 24.1. The van der Waals surface area contributed by atoms with Gasteiger partial charge >= 0.3 is 6.09 Å². The molecule has 0 spiro atoms. The topological polar surface area (TPSA) is 87.9 Å². The van der Waals surface area contributed by atoms with E-state index in [0.29, 0.717) is 35.1 Å². The molecular formula is C30H33ClF2N4O5. The van der Waals surface area contributed by atoms with Crippen LogP contribution in [0.5, 0.6) is 5.75 Å². The van der Waals surface area contributed by atoms with Crippen LogP contribution in [0.15, 0.2) is 42.4 Å². The Labute approximate surface area is 247 Å². The lowest BCUT2D eigenvalue weighted by Gasteiger charge is -2.32. The summed E-state index contributed by atoms with van der Waals surface area (Å²) in [5.74, 6) is -0.535. The number of ether oxygens (including phenoxy) is 4. The van der Waals surface area contributed by atoms with Crippen molar-refractivity contribution in [1.29, 1.82) is 0 Å². The van der Waals surface area contributed by atoms with Gasteiger partial charge in [0.1, 0.15) is 47.3 Å². The summed E-state index contributed by atoms with van der Waals surface area (Å²) < 4.78 is 54.1. The van der Waals surface area contributed by atoms with Crippen LogP contribution in [0.1, 0.15) is 63.8 Å². The summed E-state index contributed by atoms with van der Waals surface area (Å²) in [6.45, 7) is 9.74. The third-order valence-corrected chi connectivity index (χ3v) is 7.92. The van der Waals surface area contributed by atoms with Crippen LogP contribution in [0.4, 0.5) is 13.6 Å². The number of fused-ring (bicyclic) bond motifs is 3. The highest BCUT2D eigenvalue weighted by molar-refractivity contribution is 6.33. The molecule has 12 heteroatoms. The molecule has 1 amide bonds. The van der Waals surface area contributed by atoms with E-state index in [1.165, 1.54) is 18.5 Å². The lowest BCUT2D eigenvalue weighted by atomic mass is 9.96. The molecule has 2 aromatic heterocycles. The predicted octanol–water partition coefficient (Wildman–Crippen LogP) is 6.40. The Balaban J connectivity index is 1.30. The summed E-state index contributed by atoms with van der Waals surface area (Å²) in [5.41, 5.74) is 2.12. The second-order valence-electron chi connectivity index (χ2n) is 12.3. The van der Waals surface area contributed by atoms with E-state index in [9.17, 15) is 13.6 Å². The molecule has 3 aromatic rings. The van der Waals surface area contributed by atoms with E-state index in [1.807, 2.05) is 36.8 Å². The number of alkyl halides is 2. The molecule has 1 aromatic carbocycles. The molecule has 2 aliphatic heterocycles. The fourth-order valence-corrected chi connectivity index (χ4v) is 6.03. The third kappa shape index (κ3) is 5.45. The Bertz CT molecular complexity index is 1570. The molecule has 9 nitrogen and oxygen atoms in total. The van der Waals surface area contributed by atoms with Crippen LogP contribution >= 0.6 is 11.6 Å². The maximum Gasteiger partial charge on any atom is 0.410 e. The van der Waals surface area contributed by atoms with Gasteiger partial charge in [0.2, 0.25) is 0 Å². The van der Waals surface area contributed by atoms with Gasteiger partial charge in [-0.15, -0.1) is 0 Å². The summed E-state index contributed by atoms with van der Waals surface area (Å²) in [6.07, 6.45) is 1.81. The molecule has 6 rings (SSSR count). The van der Waals surface area contributed by atoms with Gasteiger partial charge in [-0.05, 0) is 70.4 Å². The Morgan fingerprint density at radius 2 is 2.02 bits per heavy atom. The van der Waals surface area contributed by atoms with Gasteiger partial charge in [-0.2, -0.15) is 0 Å². The minimum atomic E-state index is -2.66. The smallest absolute Gasteiger partial charge is 0.410 e. The van der Waals surface area contributed by atoms with Crippen LogP contribution in [-0.4, -0.2) is 62.3 Å². The molecule has 1 saturated heterocycles. The number of carbonyl (C=O) groups excluding carboxylic acids is 1. The minimum absolute atomic E-state index is 0.0810. The number of halogens is 3. The standard InChI is InChI=1S/C30H33ClF2N4O5/c1-29(2,3)42-28(38)36-8-6-16-10-17(26(32)33)12-22(20(16)13-36)39-14-18-11-21(24-23(18)40-30(4,5)41-24)37-9-7-19-25(31)34-15-35-27(19)37/h7,9-12,15,21,23-24,26H,6,8,13-14H2,1-5H3/t21-,23-,24+/m1/s1. The molecule has 0 saturated carbocycles. The van der Waals surface area contributed by atoms with Crippen molar-refractivity contribution in [3.8, 4) is 5.75 Å². The Morgan fingerprint density at radius 3 is 2.76 bits per heavy atom. The Morgan fingerprint density at radius 1 is 1.24 bits per heavy atom. The van der Waals surface area contributed by atoms with Crippen molar-refractivity contribution < 1.29 is 32.5 Å². The summed E-state index contributed by atoms with van der Waals surface area (Å²) in [7, 11) is 0. The van der Waals surface area contributed by atoms with Crippen molar-refractivity contribution >= 4 is 28.7 Å². The number of hydrogen-bond donors (Lipinski definition) is 0. The first kappa shape index (κ1) is 28.8. The molecule has 0 bridgehead atoms. The second-order valence-corrected chi connectivity index (χ2v) is 12.6. The molecule has 1 fully saturated rings. The fourth-order valence-electron chi connectivity index (χ4n) is 5.84. The fraction of sp³-hybridized carbons (Fsp3) is 0.500. The van der Waals surface area contributed by atoms with Crippen molar-refractivity contribution in [2.45, 2.75) is 83.6 Å². The van der Waals surface area contributed by atoms with Crippen LogP contribution in [0.3, 0.4) is 0 Å². The van der Waals surface area contributed by atoms with Crippen molar-refractivity contribution in [3.63, 3.8) is 0 Å². The highest BCUT2D eigenvalue weighted by atomic mass is 35.5. The molecule has 0 unspecified atom stereocenters. The Hall–Kier alpha value is -3.28. The summed E-state index contributed by atoms with van der Waals surface area (Å²) in [5, 5.41) is 1.07. The van der Waals surface area contributed by atoms with Crippen LogP contribution < -0.4 is 4.74 Å². The number of benzene rings is 1. The van der Waals surface area contributed by atoms with Gasteiger partial charge in [0.05, 0.1) is 18.0 Å². The van der Waals surface area contributed by atoms with E-state index < -0.39 is 30.0 Å². The van der Waals surface area contributed by atoms with Crippen LogP contribution in [0, 0.1) is 0 Å². The minimum Gasteiger partial charge on any atom is -0.489 e. The van der Waals surface area contributed by atoms with E-state index in [4.69, 9.17) is 30.5 Å². The van der Waals surface area contributed by atoms with Gasteiger partial charge in [-0.25, -0.2) is 23.5 Å². The first-order chi connectivity index (χ1) is 19.8. The number of aromatic nitrogens is 3. The van der Waals surface area contributed by atoms with Gasteiger partial charge in [-0.3, -0.25) is 0 Å². The third-order valence-electron chi connectivity index (χ3n) is 7.62. The second kappa shape index (κ2) is 10.5. The summed E-state index contributed by atoms with van der Waals surface area (Å²) >= 11 is 6.29. The molecular weight excluding hydrogens is 570 g/mol. The first-order valence-electron chi connectivity index (χ1n) is 13.9. The SMILES string of the molecule is CC(C)(C)OC(=O)N1CCc2cc(C(F)F)cc(OCC3=C[C@@H](n4ccc5c(Cl)ncnc54)[C@@H]4OC(C)(C)O[C@H]34)c2C1. The van der Waals surface area contributed by atoms with Crippen molar-refractivity contribution in [1.82, 2.24) is 19.4 Å². The molecule has 224 valence electrons. The van der Waals surface area contributed by atoms with Crippen molar-refractivity contribution in [2.75, 3.05) is 13.2 Å². The van der Waals surface area contributed by atoms with Crippen molar-refractivity contribution in [2.24, 2.45) is 0 Å². The average molecular weight is 603 g/mol. The van der Waals surface area contributed by atoms with Gasteiger partial charge < -0.3 is 28.4 Å². The number of hydrogen-bond acceptors (Lipinski definition) is 7. The van der Waals surface area contributed by atoms with Gasteiger partial charge in [-0.1, -0.05) is 17.7 Å². The van der Waals surface area contributed by atoms with Crippen LogP contribution in [-0.2, 0) is 27.2 Å². The van der Waals surface area contributed by atoms with Crippen LogP contribution in [0.2, 0.25) is 5.15 Å². The van der Waals surface area contributed by atoms with Gasteiger partial charge in [0.15, 0.2) is 5.79 Å². The summed E-state index contributed by atoms with van der Waals surface area (Å²) in [4.78, 5) is 22.9. The summed E-state index contributed by atoms with van der Waals surface area (Å²) in [6, 6.07) is 4.44.